The number of hydrogen-bond acceptors (Lipinski definition) is 5. The highest BCUT2D eigenvalue weighted by Gasteiger charge is 2.36. The summed E-state index contributed by atoms with van der Waals surface area (Å²) in [7, 11) is 0. The summed E-state index contributed by atoms with van der Waals surface area (Å²) in [5, 5.41) is 4.84. The van der Waals surface area contributed by atoms with Crippen molar-refractivity contribution in [1.29, 1.82) is 0 Å². The van der Waals surface area contributed by atoms with Crippen LogP contribution in [0.15, 0.2) is 23.1 Å². The fourth-order valence-electron chi connectivity index (χ4n) is 3.32. The zero-order chi connectivity index (χ0) is 20.4. The smallest absolute Gasteiger partial charge is 0.255 e. The second-order valence-corrected chi connectivity index (χ2v) is 7.76. The Morgan fingerprint density at radius 2 is 2.07 bits per heavy atom. The standard InChI is InChI=1S/C20H27N3O4S/c1-2-7-17(19(26)22-14-25)23-12-16-15(20(23)27)8-6-9-18(16)28-11-5-3-4-10-21-13-24/h6,8-9,13-14,17H,2-5,7,10-12H2,1H3,(H,21,24)(H,22,25,26). The first-order chi connectivity index (χ1) is 13.6. The van der Waals surface area contributed by atoms with E-state index in [2.05, 4.69) is 10.6 Å². The van der Waals surface area contributed by atoms with Crippen molar-refractivity contribution < 1.29 is 19.2 Å². The van der Waals surface area contributed by atoms with E-state index in [9.17, 15) is 19.2 Å². The lowest BCUT2D eigenvalue weighted by Crippen LogP contribution is -2.46. The van der Waals surface area contributed by atoms with Crippen molar-refractivity contribution in [3.63, 3.8) is 0 Å². The second-order valence-electron chi connectivity index (χ2n) is 6.63. The molecule has 1 aliphatic rings. The maximum Gasteiger partial charge on any atom is 0.255 e. The minimum atomic E-state index is -0.640. The maximum absolute atomic E-state index is 12.9. The number of benzene rings is 1. The number of thioether (sulfide) groups is 1. The molecule has 0 radical (unpaired) electrons. The molecule has 28 heavy (non-hydrogen) atoms. The lowest BCUT2D eigenvalue weighted by Gasteiger charge is -2.25. The van der Waals surface area contributed by atoms with Crippen molar-refractivity contribution in [2.75, 3.05) is 12.3 Å². The van der Waals surface area contributed by atoms with E-state index < -0.39 is 11.9 Å². The molecular formula is C20H27N3O4S. The lowest BCUT2D eigenvalue weighted by molar-refractivity contribution is -0.129. The molecule has 0 aromatic heterocycles. The van der Waals surface area contributed by atoms with E-state index in [-0.39, 0.29) is 5.91 Å². The molecule has 2 rings (SSSR count). The first-order valence-electron chi connectivity index (χ1n) is 9.60. The summed E-state index contributed by atoms with van der Waals surface area (Å²) < 4.78 is 0. The SMILES string of the molecule is CCCC(C(=O)NC=O)N1Cc2c(SCCCCCNC=O)cccc2C1=O. The fraction of sp³-hybridized carbons (Fsp3) is 0.500. The van der Waals surface area contributed by atoms with Crippen LogP contribution in [0.1, 0.15) is 54.9 Å². The maximum atomic E-state index is 12.9. The highest BCUT2D eigenvalue weighted by molar-refractivity contribution is 7.99. The minimum absolute atomic E-state index is 0.156. The van der Waals surface area contributed by atoms with Crippen molar-refractivity contribution in [2.24, 2.45) is 0 Å². The van der Waals surface area contributed by atoms with Gasteiger partial charge in [-0.05, 0) is 42.7 Å². The number of fused-ring (bicyclic) bond motifs is 1. The van der Waals surface area contributed by atoms with Gasteiger partial charge in [0.2, 0.25) is 18.7 Å². The van der Waals surface area contributed by atoms with Crippen LogP contribution in [0.2, 0.25) is 0 Å². The highest BCUT2D eigenvalue weighted by Crippen LogP contribution is 2.34. The molecule has 1 aromatic rings. The second kappa shape index (κ2) is 11.5. The number of nitrogens with one attached hydrogen (secondary N) is 2. The quantitative estimate of drug-likeness (QED) is 0.298. The van der Waals surface area contributed by atoms with Crippen molar-refractivity contribution in [3.05, 3.63) is 29.3 Å². The van der Waals surface area contributed by atoms with Crippen LogP contribution in [-0.2, 0) is 20.9 Å². The monoisotopic (exact) mass is 405 g/mol. The Morgan fingerprint density at radius 1 is 1.25 bits per heavy atom. The molecule has 7 nitrogen and oxygen atoms in total. The molecule has 8 heteroatoms. The Morgan fingerprint density at radius 3 is 2.79 bits per heavy atom. The fourth-order valence-corrected chi connectivity index (χ4v) is 4.41. The molecule has 0 aliphatic carbocycles. The van der Waals surface area contributed by atoms with Gasteiger partial charge in [-0.3, -0.25) is 24.5 Å². The number of carbonyl (C=O) groups excluding carboxylic acids is 4. The van der Waals surface area contributed by atoms with Gasteiger partial charge in [-0.2, -0.15) is 0 Å². The Balaban J connectivity index is 2.01. The summed E-state index contributed by atoms with van der Waals surface area (Å²) in [6.45, 7) is 3.03. The molecule has 1 atom stereocenters. The molecule has 0 fully saturated rings. The van der Waals surface area contributed by atoms with E-state index in [1.165, 1.54) is 0 Å². The summed E-state index contributed by atoms with van der Waals surface area (Å²) in [6.07, 6.45) is 5.32. The highest BCUT2D eigenvalue weighted by atomic mass is 32.2. The van der Waals surface area contributed by atoms with Crippen LogP contribution in [0.25, 0.3) is 0 Å². The summed E-state index contributed by atoms with van der Waals surface area (Å²) in [5.74, 6) is 0.337. The van der Waals surface area contributed by atoms with Crippen LogP contribution in [-0.4, -0.2) is 47.9 Å². The molecule has 1 heterocycles. The summed E-state index contributed by atoms with van der Waals surface area (Å²) in [5.41, 5.74) is 1.60. The van der Waals surface area contributed by atoms with Gasteiger partial charge in [0.15, 0.2) is 0 Å². The Bertz CT molecular complexity index is 711. The molecular weight excluding hydrogens is 378 g/mol. The van der Waals surface area contributed by atoms with Crippen molar-refractivity contribution in [3.8, 4) is 0 Å². The number of rotatable bonds is 13. The third-order valence-electron chi connectivity index (χ3n) is 4.70. The van der Waals surface area contributed by atoms with E-state index in [1.807, 2.05) is 19.1 Å². The normalized spacial score (nSPS) is 13.8. The molecule has 1 aliphatic heterocycles. The average molecular weight is 406 g/mol. The van der Waals surface area contributed by atoms with Crippen LogP contribution < -0.4 is 10.6 Å². The third-order valence-corrected chi connectivity index (χ3v) is 5.89. The minimum Gasteiger partial charge on any atom is -0.359 e. The first kappa shape index (κ1) is 21.9. The van der Waals surface area contributed by atoms with E-state index in [0.717, 1.165) is 41.9 Å². The number of nitrogens with zero attached hydrogens (tertiary/aromatic N) is 1. The number of unbranched alkanes of at least 4 members (excludes halogenated alkanes) is 2. The molecule has 0 saturated heterocycles. The van der Waals surface area contributed by atoms with Gasteiger partial charge < -0.3 is 10.2 Å². The molecule has 152 valence electrons. The van der Waals surface area contributed by atoms with E-state index >= 15 is 0 Å². The number of amides is 4. The summed E-state index contributed by atoms with van der Waals surface area (Å²) in [4.78, 5) is 48.6. The predicted octanol–water partition coefficient (Wildman–Crippen LogP) is 2.09. The van der Waals surface area contributed by atoms with Gasteiger partial charge in [-0.1, -0.05) is 25.8 Å². The zero-order valence-electron chi connectivity index (χ0n) is 16.1. The van der Waals surface area contributed by atoms with Gasteiger partial charge in [0, 0.05) is 23.5 Å². The van der Waals surface area contributed by atoms with Crippen molar-refractivity contribution in [1.82, 2.24) is 15.5 Å². The van der Waals surface area contributed by atoms with Gasteiger partial charge in [0.1, 0.15) is 6.04 Å². The van der Waals surface area contributed by atoms with Crippen molar-refractivity contribution >= 4 is 36.4 Å². The predicted molar refractivity (Wildman–Crippen MR) is 108 cm³/mol. The number of imide groups is 1. The molecule has 1 unspecified atom stereocenters. The van der Waals surface area contributed by atoms with E-state index in [0.29, 0.717) is 37.9 Å². The Hall–Kier alpha value is -2.35. The van der Waals surface area contributed by atoms with E-state index in [1.54, 1.807) is 22.7 Å². The third kappa shape index (κ3) is 5.58. The largest absolute Gasteiger partial charge is 0.359 e. The van der Waals surface area contributed by atoms with Gasteiger partial charge in [0.05, 0.1) is 0 Å². The summed E-state index contributed by atoms with van der Waals surface area (Å²) in [6, 6.07) is 5.04. The topological polar surface area (TPSA) is 95.6 Å². The van der Waals surface area contributed by atoms with Crippen LogP contribution in [0.3, 0.4) is 0 Å². The van der Waals surface area contributed by atoms with Gasteiger partial charge >= 0.3 is 0 Å². The average Bonchev–Trinajstić information content (AvgIpc) is 3.03. The van der Waals surface area contributed by atoms with Gasteiger partial charge in [-0.15, -0.1) is 11.8 Å². The summed E-state index contributed by atoms with van der Waals surface area (Å²) >= 11 is 1.71. The Labute approximate surface area is 169 Å². The molecule has 2 N–H and O–H groups in total. The van der Waals surface area contributed by atoms with Crippen molar-refractivity contribution in [2.45, 2.75) is 56.5 Å². The van der Waals surface area contributed by atoms with Gasteiger partial charge in [-0.25, -0.2) is 0 Å². The first-order valence-corrected chi connectivity index (χ1v) is 10.6. The van der Waals surface area contributed by atoms with Crippen LogP contribution in [0.5, 0.6) is 0 Å². The molecule has 0 bridgehead atoms. The van der Waals surface area contributed by atoms with E-state index in [4.69, 9.17) is 0 Å². The molecule has 0 spiro atoms. The van der Waals surface area contributed by atoms with Crippen LogP contribution in [0.4, 0.5) is 0 Å². The Kier molecular flexibility index (Phi) is 9.00. The number of hydrogen-bond donors (Lipinski definition) is 2. The number of carbonyl (C=O) groups is 4. The molecule has 4 amide bonds. The zero-order valence-corrected chi connectivity index (χ0v) is 16.9. The van der Waals surface area contributed by atoms with Crippen LogP contribution in [0, 0.1) is 0 Å². The lowest BCUT2D eigenvalue weighted by atomic mass is 10.1. The molecule has 1 aromatic carbocycles. The molecule has 0 saturated carbocycles. The van der Waals surface area contributed by atoms with Crippen LogP contribution >= 0.6 is 11.8 Å². The van der Waals surface area contributed by atoms with Gasteiger partial charge in [0.25, 0.3) is 5.91 Å².